The van der Waals surface area contributed by atoms with Crippen LogP contribution < -0.4 is 4.90 Å². The first kappa shape index (κ1) is 11.8. The fourth-order valence-electron chi connectivity index (χ4n) is 1.57. The summed E-state index contributed by atoms with van der Waals surface area (Å²) < 4.78 is 0. The van der Waals surface area contributed by atoms with Gasteiger partial charge in [-0.15, -0.1) is 0 Å². The van der Waals surface area contributed by atoms with E-state index in [0.717, 1.165) is 18.7 Å². The van der Waals surface area contributed by atoms with E-state index in [9.17, 15) is 0 Å². The van der Waals surface area contributed by atoms with E-state index >= 15 is 0 Å². The van der Waals surface area contributed by atoms with Crippen molar-refractivity contribution in [1.82, 2.24) is 0 Å². The molecule has 0 heterocycles. The average molecular weight is 205 g/mol. The van der Waals surface area contributed by atoms with Crippen molar-refractivity contribution < 1.29 is 5.11 Å². The molecule has 1 aromatic rings. The first-order valence-corrected chi connectivity index (χ1v) is 5.44. The lowest BCUT2D eigenvalue weighted by atomic mass is 10.2. The van der Waals surface area contributed by atoms with Gasteiger partial charge in [0.2, 0.25) is 0 Å². The molecular formula is C13H19NO. The van der Waals surface area contributed by atoms with Crippen LogP contribution in [0.5, 0.6) is 0 Å². The smallest absolute Gasteiger partial charge is 0.0615 e. The van der Waals surface area contributed by atoms with Crippen molar-refractivity contribution in [3.05, 3.63) is 35.9 Å². The van der Waals surface area contributed by atoms with Crippen molar-refractivity contribution >= 4 is 11.8 Å². The number of aliphatic hydroxyl groups excluding tert-OH is 1. The quantitative estimate of drug-likeness (QED) is 0.798. The van der Waals surface area contributed by atoms with Gasteiger partial charge in [-0.25, -0.2) is 0 Å². The topological polar surface area (TPSA) is 23.5 Å². The predicted molar refractivity (Wildman–Crippen MR) is 66.1 cm³/mol. The molecule has 0 aliphatic rings. The van der Waals surface area contributed by atoms with Crippen LogP contribution in [-0.2, 0) is 0 Å². The Morgan fingerprint density at radius 2 is 1.73 bits per heavy atom. The molecule has 0 fully saturated rings. The molecule has 0 unspecified atom stereocenters. The van der Waals surface area contributed by atoms with Crippen LogP contribution in [-0.4, -0.2) is 24.8 Å². The number of benzene rings is 1. The van der Waals surface area contributed by atoms with Crippen molar-refractivity contribution in [2.24, 2.45) is 0 Å². The second kappa shape index (κ2) is 6.25. The maximum atomic E-state index is 8.65. The fraction of sp³-hybridized carbons (Fsp3) is 0.385. The summed E-state index contributed by atoms with van der Waals surface area (Å²) in [5.74, 6) is 0. The Morgan fingerprint density at radius 3 is 2.20 bits per heavy atom. The van der Waals surface area contributed by atoms with Gasteiger partial charge in [-0.05, 0) is 31.5 Å². The van der Waals surface area contributed by atoms with Crippen LogP contribution in [0.2, 0.25) is 0 Å². The number of hydrogen-bond acceptors (Lipinski definition) is 2. The minimum Gasteiger partial charge on any atom is -0.392 e. The minimum atomic E-state index is 0.0950. The van der Waals surface area contributed by atoms with Crippen molar-refractivity contribution in [3.63, 3.8) is 0 Å². The SMILES string of the molecule is CCN(CC)c1ccc(C=CCO)cc1. The summed E-state index contributed by atoms with van der Waals surface area (Å²) in [6, 6.07) is 8.37. The fourth-order valence-corrected chi connectivity index (χ4v) is 1.57. The third kappa shape index (κ3) is 3.40. The van der Waals surface area contributed by atoms with Gasteiger partial charge < -0.3 is 10.0 Å². The van der Waals surface area contributed by atoms with E-state index in [1.54, 1.807) is 6.08 Å². The predicted octanol–water partition coefficient (Wildman–Crippen LogP) is 2.54. The average Bonchev–Trinajstić information content (AvgIpc) is 2.29. The molecule has 1 rings (SSSR count). The Hall–Kier alpha value is -1.28. The number of nitrogens with zero attached hydrogens (tertiary/aromatic N) is 1. The van der Waals surface area contributed by atoms with Gasteiger partial charge in [-0.2, -0.15) is 0 Å². The molecule has 0 aliphatic carbocycles. The second-order valence-electron chi connectivity index (χ2n) is 3.35. The number of aliphatic hydroxyl groups is 1. The van der Waals surface area contributed by atoms with Gasteiger partial charge in [-0.1, -0.05) is 24.3 Å². The molecule has 0 atom stereocenters. The van der Waals surface area contributed by atoms with Gasteiger partial charge in [-0.3, -0.25) is 0 Å². The summed E-state index contributed by atoms with van der Waals surface area (Å²) >= 11 is 0. The van der Waals surface area contributed by atoms with Crippen LogP contribution in [0.1, 0.15) is 19.4 Å². The first-order chi connectivity index (χ1) is 7.31. The van der Waals surface area contributed by atoms with Gasteiger partial charge in [0.1, 0.15) is 0 Å². The largest absolute Gasteiger partial charge is 0.392 e. The highest BCUT2D eigenvalue weighted by Gasteiger charge is 1.99. The lowest BCUT2D eigenvalue weighted by Crippen LogP contribution is -2.21. The third-order valence-electron chi connectivity index (χ3n) is 2.44. The maximum absolute atomic E-state index is 8.65. The normalized spacial score (nSPS) is 10.9. The Morgan fingerprint density at radius 1 is 1.13 bits per heavy atom. The van der Waals surface area contributed by atoms with E-state index < -0.39 is 0 Å². The molecule has 82 valence electrons. The molecule has 0 saturated heterocycles. The van der Waals surface area contributed by atoms with Gasteiger partial charge in [0.25, 0.3) is 0 Å². The first-order valence-electron chi connectivity index (χ1n) is 5.44. The molecule has 0 amide bonds. The maximum Gasteiger partial charge on any atom is 0.0615 e. The summed E-state index contributed by atoms with van der Waals surface area (Å²) in [6.45, 7) is 6.47. The van der Waals surface area contributed by atoms with Crippen molar-refractivity contribution in [2.75, 3.05) is 24.6 Å². The molecule has 15 heavy (non-hydrogen) atoms. The molecular weight excluding hydrogens is 186 g/mol. The molecule has 0 bridgehead atoms. The van der Waals surface area contributed by atoms with E-state index in [1.807, 2.05) is 6.08 Å². The molecule has 0 radical (unpaired) electrons. The van der Waals surface area contributed by atoms with Crippen LogP contribution in [0.25, 0.3) is 6.08 Å². The third-order valence-corrected chi connectivity index (χ3v) is 2.44. The zero-order chi connectivity index (χ0) is 11.1. The lowest BCUT2D eigenvalue weighted by Gasteiger charge is -2.20. The van der Waals surface area contributed by atoms with Crippen molar-refractivity contribution in [3.8, 4) is 0 Å². The van der Waals surface area contributed by atoms with Crippen molar-refractivity contribution in [2.45, 2.75) is 13.8 Å². The highest BCUT2D eigenvalue weighted by atomic mass is 16.2. The molecule has 0 spiro atoms. The number of rotatable bonds is 5. The zero-order valence-corrected chi connectivity index (χ0v) is 9.48. The van der Waals surface area contributed by atoms with Crippen LogP contribution in [0.4, 0.5) is 5.69 Å². The van der Waals surface area contributed by atoms with E-state index in [0.29, 0.717) is 0 Å². The highest BCUT2D eigenvalue weighted by Crippen LogP contribution is 2.15. The van der Waals surface area contributed by atoms with E-state index in [4.69, 9.17) is 5.11 Å². The molecule has 2 heteroatoms. The second-order valence-corrected chi connectivity index (χ2v) is 3.35. The summed E-state index contributed by atoms with van der Waals surface area (Å²) in [4.78, 5) is 2.31. The summed E-state index contributed by atoms with van der Waals surface area (Å²) in [5.41, 5.74) is 2.38. The monoisotopic (exact) mass is 205 g/mol. The minimum absolute atomic E-state index is 0.0950. The Kier molecular flexibility index (Phi) is 4.91. The van der Waals surface area contributed by atoms with Crippen LogP contribution >= 0.6 is 0 Å². The van der Waals surface area contributed by atoms with E-state index in [2.05, 4.69) is 43.0 Å². The van der Waals surface area contributed by atoms with E-state index in [-0.39, 0.29) is 6.61 Å². The summed E-state index contributed by atoms with van der Waals surface area (Å²) in [6.07, 6.45) is 3.67. The number of anilines is 1. The lowest BCUT2D eigenvalue weighted by molar-refractivity contribution is 0.343. The molecule has 1 aromatic carbocycles. The summed E-state index contributed by atoms with van der Waals surface area (Å²) in [5, 5.41) is 8.65. The van der Waals surface area contributed by atoms with Gasteiger partial charge >= 0.3 is 0 Å². The van der Waals surface area contributed by atoms with Gasteiger partial charge in [0.05, 0.1) is 6.61 Å². The Bertz CT molecular complexity index is 299. The molecule has 0 aromatic heterocycles. The van der Waals surface area contributed by atoms with E-state index in [1.165, 1.54) is 5.69 Å². The summed E-state index contributed by atoms with van der Waals surface area (Å²) in [7, 11) is 0. The molecule has 2 nitrogen and oxygen atoms in total. The molecule has 1 N–H and O–H groups in total. The standard InChI is InChI=1S/C13H19NO/c1-3-14(4-2)13-9-7-12(8-10-13)6-5-11-15/h5-10,15H,3-4,11H2,1-2H3. The zero-order valence-electron chi connectivity index (χ0n) is 9.48. The Labute approximate surface area is 91.9 Å². The van der Waals surface area contributed by atoms with Gasteiger partial charge in [0, 0.05) is 18.8 Å². The highest BCUT2D eigenvalue weighted by molar-refractivity contribution is 5.55. The van der Waals surface area contributed by atoms with Gasteiger partial charge in [0.15, 0.2) is 0 Å². The number of hydrogen-bond donors (Lipinski definition) is 1. The van der Waals surface area contributed by atoms with Crippen molar-refractivity contribution in [1.29, 1.82) is 0 Å². The molecule has 0 aliphatic heterocycles. The van der Waals surface area contributed by atoms with Crippen LogP contribution in [0.15, 0.2) is 30.3 Å². The Balaban J connectivity index is 2.75. The van der Waals surface area contributed by atoms with Crippen LogP contribution in [0, 0.1) is 0 Å². The molecule has 0 saturated carbocycles. The van der Waals surface area contributed by atoms with Crippen LogP contribution in [0.3, 0.4) is 0 Å².